The van der Waals surface area contributed by atoms with Gasteiger partial charge in [0.05, 0.1) is 12.3 Å². The Kier molecular flexibility index (Phi) is 4.46. The molecule has 0 saturated heterocycles. The predicted octanol–water partition coefficient (Wildman–Crippen LogP) is 4.20. The highest BCUT2D eigenvalue weighted by atomic mass is 16.3. The Labute approximate surface area is 173 Å². The minimum absolute atomic E-state index is 0.00769. The zero-order valence-electron chi connectivity index (χ0n) is 16.1. The highest BCUT2D eigenvalue weighted by molar-refractivity contribution is 5.86. The fourth-order valence-electron chi connectivity index (χ4n) is 3.53. The maximum absolute atomic E-state index is 9.41. The molecule has 2 aromatic carbocycles. The summed E-state index contributed by atoms with van der Waals surface area (Å²) in [6.45, 7) is -0.00769. The zero-order chi connectivity index (χ0) is 20.5. The van der Waals surface area contributed by atoms with Crippen molar-refractivity contribution in [3.8, 4) is 33.8 Å². The first-order valence-electron chi connectivity index (χ1n) is 9.61. The van der Waals surface area contributed by atoms with Crippen LogP contribution in [0.5, 0.6) is 0 Å². The molecule has 5 rings (SSSR count). The van der Waals surface area contributed by atoms with Gasteiger partial charge in [0.1, 0.15) is 17.2 Å². The molecule has 0 radical (unpaired) electrons. The topological polar surface area (TPSA) is 89.3 Å². The van der Waals surface area contributed by atoms with E-state index in [0.29, 0.717) is 11.5 Å². The van der Waals surface area contributed by atoms with Crippen molar-refractivity contribution < 1.29 is 5.11 Å². The molecule has 6 heteroatoms. The normalized spacial score (nSPS) is 11.1. The van der Waals surface area contributed by atoms with Crippen LogP contribution in [-0.2, 0) is 6.61 Å². The number of aliphatic hydroxyl groups excluding tert-OH is 1. The lowest BCUT2D eigenvalue weighted by Gasteiger charge is -2.08. The summed E-state index contributed by atoms with van der Waals surface area (Å²) in [5, 5.41) is 14.3. The maximum atomic E-state index is 9.41. The molecular formula is C24H19N5O. The zero-order valence-corrected chi connectivity index (χ0v) is 16.1. The van der Waals surface area contributed by atoms with Gasteiger partial charge in [-0.2, -0.15) is 5.10 Å². The summed E-state index contributed by atoms with van der Waals surface area (Å²) >= 11 is 0. The van der Waals surface area contributed by atoms with Crippen molar-refractivity contribution in [1.29, 1.82) is 0 Å². The quantitative estimate of drug-likeness (QED) is 0.478. The number of pyridine rings is 1. The first-order chi connectivity index (χ1) is 14.7. The van der Waals surface area contributed by atoms with E-state index in [9.17, 15) is 5.11 Å². The van der Waals surface area contributed by atoms with Gasteiger partial charge in [0.15, 0.2) is 5.65 Å². The maximum Gasteiger partial charge on any atom is 0.155 e. The third-order valence-corrected chi connectivity index (χ3v) is 5.05. The lowest BCUT2D eigenvalue weighted by atomic mass is 10.0. The fourth-order valence-corrected chi connectivity index (χ4v) is 3.53. The number of nitrogens with zero attached hydrogens (tertiary/aromatic N) is 4. The molecule has 0 aliphatic carbocycles. The highest BCUT2D eigenvalue weighted by Gasteiger charge is 2.19. The summed E-state index contributed by atoms with van der Waals surface area (Å²) in [5.74, 6) is 0.414. The van der Waals surface area contributed by atoms with Gasteiger partial charge < -0.3 is 10.8 Å². The van der Waals surface area contributed by atoms with E-state index in [-0.39, 0.29) is 6.61 Å². The van der Waals surface area contributed by atoms with Crippen LogP contribution < -0.4 is 5.73 Å². The number of anilines is 1. The summed E-state index contributed by atoms with van der Waals surface area (Å²) in [4.78, 5) is 9.06. The van der Waals surface area contributed by atoms with Crippen LogP contribution in [0.15, 0.2) is 85.1 Å². The second-order valence-electron chi connectivity index (χ2n) is 6.95. The van der Waals surface area contributed by atoms with Gasteiger partial charge in [-0.05, 0) is 29.8 Å². The van der Waals surface area contributed by atoms with Gasteiger partial charge >= 0.3 is 0 Å². The second-order valence-corrected chi connectivity index (χ2v) is 6.95. The molecule has 3 aromatic heterocycles. The Balaban J connectivity index is 1.79. The first kappa shape index (κ1) is 18.0. The Hall–Kier alpha value is -4.03. The molecule has 0 amide bonds. The van der Waals surface area contributed by atoms with E-state index in [1.807, 2.05) is 83.4 Å². The Morgan fingerprint density at radius 3 is 2.37 bits per heavy atom. The minimum atomic E-state index is -0.00769. The molecule has 146 valence electrons. The number of hydrogen-bond acceptors (Lipinski definition) is 5. The van der Waals surface area contributed by atoms with Crippen LogP contribution >= 0.6 is 0 Å². The third kappa shape index (κ3) is 3.09. The minimum Gasteiger partial charge on any atom is -0.392 e. The van der Waals surface area contributed by atoms with E-state index in [1.165, 1.54) is 0 Å². The fraction of sp³-hybridized carbons (Fsp3) is 0.0417. The second kappa shape index (κ2) is 7.42. The summed E-state index contributed by atoms with van der Waals surface area (Å²) in [7, 11) is 0. The number of nitrogens with two attached hydrogens (primary N) is 1. The molecule has 0 spiro atoms. The van der Waals surface area contributed by atoms with Crippen molar-refractivity contribution >= 4 is 11.5 Å². The van der Waals surface area contributed by atoms with Gasteiger partial charge in [-0.1, -0.05) is 54.6 Å². The average Bonchev–Trinajstić information content (AvgIpc) is 3.18. The molecule has 0 aliphatic rings. The van der Waals surface area contributed by atoms with Crippen molar-refractivity contribution in [3.05, 3.63) is 90.6 Å². The number of nitrogen functional groups attached to an aromatic ring is 1. The van der Waals surface area contributed by atoms with Crippen molar-refractivity contribution in [1.82, 2.24) is 19.6 Å². The SMILES string of the molecule is Nc1ncccc1-c1nc2ccc(-c3ccccc3)nn2c1-c1ccc(CO)cc1. The van der Waals surface area contributed by atoms with Crippen LogP contribution in [0.4, 0.5) is 5.82 Å². The van der Waals surface area contributed by atoms with Gasteiger partial charge in [0, 0.05) is 22.9 Å². The molecule has 0 saturated carbocycles. The summed E-state index contributed by atoms with van der Waals surface area (Å²) in [6.07, 6.45) is 1.66. The van der Waals surface area contributed by atoms with Gasteiger partial charge in [-0.25, -0.2) is 14.5 Å². The molecule has 3 heterocycles. The number of imidazole rings is 1. The molecular weight excluding hydrogens is 374 g/mol. The monoisotopic (exact) mass is 393 g/mol. The summed E-state index contributed by atoms with van der Waals surface area (Å²) in [6, 6.07) is 25.4. The molecule has 5 aromatic rings. The number of rotatable bonds is 4. The van der Waals surface area contributed by atoms with E-state index in [2.05, 4.69) is 4.98 Å². The Morgan fingerprint density at radius 2 is 1.63 bits per heavy atom. The van der Waals surface area contributed by atoms with Crippen LogP contribution in [0.1, 0.15) is 5.56 Å². The molecule has 0 fully saturated rings. The van der Waals surface area contributed by atoms with E-state index < -0.39 is 0 Å². The average molecular weight is 393 g/mol. The van der Waals surface area contributed by atoms with Gasteiger partial charge in [-0.15, -0.1) is 0 Å². The summed E-state index contributed by atoms with van der Waals surface area (Å²) in [5.41, 5.74) is 12.8. The van der Waals surface area contributed by atoms with Crippen LogP contribution in [0.25, 0.3) is 39.4 Å². The van der Waals surface area contributed by atoms with Gasteiger partial charge in [0.25, 0.3) is 0 Å². The van der Waals surface area contributed by atoms with E-state index >= 15 is 0 Å². The van der Waals surface area contributed by atoms with Crippen LogP contribution in [0.3, 0.4) is 0 Å². The molecule has 0 unspecified atom stereocenters. The number of aliphatic hydroxyl groups is 1. The largest absolute Gasteiger partial charge is 0.392 e. The lowest BCUT2D eigenvalue weighted by molar-refractivity contribution is 0.282. The van der Waals surface area contributed by atoms with E-state index in [0.717, 1.165) is 39.3 Å². The molecule has 3 N–H and O–H groups in total. The van der Waals surface area contributed by atoms with Crippen molar-refractivity contribution in [2.75, 3.05) is 5.73 Å². The highest BCUT2D eigenvalue weighted by Crippen LogP contribution is 2.35. The van der Waals surface area contributed by atoms with Crippen molar-refractivity contribution in [3.63, 3.8) is 0 Å². The predicted molar refractivity (Wildman–Crippen MR) is 117 cm³/mol. The van der Waals surface area contributed by atoms with Crippen LogP contribution in [0, 0.1) is 0 Å². The number of benzene rings is 2. The number of hydrogen-bond donors (Lipinski definition) is 2. The standard InChI is InChI=1S/C24H19N5O/c25-24-19(7-4-14-26-24)22-23(18-10-8-16(15-30)9-11-18)29-21(27-22)13-12-20(28-29)17-5-2-1-3-6-17/h1-14,30H,15H2,(H2,25,26). The van der Waals surface area contributed by atoms with E-state index in [4.69, 9.17) is 15.8 Å². The Bertz CT molecular complexity index is 1330. The number of aromatic nitrogens is 4. The summed E-state index contributed by atoms with van der Waals surface area (Å²) < 4.78 is 1.85. The van der Waals surface area contributed by atoms with Crippen molar-refractivity contribution in [2.45, 2.75) is 6.61 Å². The van der Waals surface area contributed by atoms with Crippen molar-refractivity contribution in [2.24, 2.45) is 0 Å². The third-order valence-electron chi connectivity index (χ3n) is 5.05. The molecule has 0 bridgehead atoms. The van der Waals surface area contributed by atoms with Gasteiger partial charge in [-0.3, -0.25) is 0 Å². The molecule has 0 atom stereocenters. The molecule has 30 heavy (non-hydrogen) atoms. The van der Waals surface area contributed by atoms with E-state index in [1.54, 1.807) is 6.20 Å². The van der Waals surface area contributed by atoms with Crippen LogP contribution in [0.2, 0.25) is 0 Å². The lowest BCUT2D eigenvalue weighted by Crippen LogP contribution is -1.98. The smallest absolute Gasteiger partial charge is 0.155 e. The first-order valence-corrected chi connectivity index (χ1v) is 9.61. The Morgan fingerprint density at radius 1 is 0.833 bits per heavy atom. The number of fused-ring (bicyclic) bond motifs is 1. The molecule has 0 aliphatic heterocycles. The molecule has 6 nitrogen and oxygen atoms in total. The van der Waals surface area contributed by atoms with Gasteiger partial charge in [0.2, 0.25) is 0 Å². The van der Waals surface area contributed by atoms with Crippen LogP contribution in [-0.4, -0.2) is 24.7 Å².